The van der Waals surface area contributed by atoms with Crippen LogP contribution in [0.2, 0.25) is 0 Å². The molecule has 10 atom stereocenters. The Morgan fingerprint density at radius 1 is 0.795 bits per heavy atom. The van der Waals surface area contributed by atoms with E-state index in [1.54, 1.807) is 0 Å². The number of halogens is 2. The van der Waals surface area contributed by atoms with E-state index < -0.39 is 85.3 Å². The van der Waals surface area contributed by atoms with Gasteiger partial charge in [-0.15, -0.1) is 0 Å². The smallest absolute Gasteiger partial charge is 0.382 e. The van der Waals surface area contributed by atoms with Crippen molar-refractivity contribution in [3.63, 3.8) is 0 Å². The number of nitrogens with zero attached hydrogens (tertiary/aromatic N) is 8. The first-order valence-corrected chi connectivity index (χ1v) is 15.1. The molecular formula is C20H24BF2N10O9P2-. The number of nitrogen functional groups attached to an aromatic ring is 2. The van der Waals surface area contributed by atoms with Crippen molar-refractivity contribution in [3.05, 3.63) is 25.3 Å². The normalized spacial score (nSPS) is 38.3. The molecule has 0 aliphatic carbocycles. The summed E-state index contributed by atoms with van der Waals surface area (Å²) in [5.74, 6) is 0.0817. The predicted octanol–water partition coefficient (Wildman–Crippen LogP) is -0.307. The summed E-state index contributed by atoms with van der Waals surface area (Å²) in [6.07, 6.45) is -8.38. The zero-order chi connectivity index (χ0) is 31.0. The topological polar surface area (TPSA) is 249 Å². The Balaban J connectivity index is 1.20. The van der Waals surface area contributed by atoms with Crippen LogP contribution in [0, 0.1) is 0 Å². The van der Waals surface area contributed by atoms with Gasteiger partial charge in [0.05, 0.1) is 33.4 Å². The summed E-state index contributed by atoms with van der Waals surface area (Å²) in [5.41, 5.74) is 12.3. The third-order valence-electron chi connectivity index (χ3n) is 7.06. The third kappa shape index (κ3) is 5.05. The highest BCUT2D eigenvalue weighted by atomic mass is 31.2. The fourth-order valence-electron chi connectivity index (χ4n) is 5.07. The molecule has 0 radical (unpaired) electrons. The zero-order valence-corrected chi connectivity index (χ0v) is 23.2. The van der Waals surface area contributed by atoms with Crippen molar-refractivity contribution in [2.24, 2.45) is 0 Å². The van der Waals surface area contributed by atoms with E-state index in [2.05, 4.69) is 29.9 Å². The lowest BCUT2D eigenvalue weighted by Crippen LogP contribution is -2.34. The highest BCUT2D eigenvalue weighted by molar-refractivity contribution is 7.79. The van der Waals surface area contributed by atoms with Crippen LogP contribution in [0.4, 0.5) is 20.4 Å². The Hall–Kier alpha value is -3.20. The number of phosphoric ester groups is 1. The summed E-state index contributed by atoms with van der Waals surface area (Å²) in [7, 11) is -10.3. The number of alkyl halides is 2. The quantitative estimate of drug-likeness (QED) is 0.184. The lowest BCUT2D eigenvalue weighted by atomic mass is 10.1. The van der Waals surface area contributed by atoms with Gasteiger partial charge in [-0.05, 0) is 0 Å². The molecule has 19 nitrogen and oxygen atoms in total. The van der Waals surface area contributed by atoms with Crippen LogP contribution >= 0.6 is 15.3 Å². The first-order chi connectivity index (χ1) is 20.9. The molecule has 3 aliphatic heterocycles. The van der Waals surface area contributed by atoms with Gasteiger partial charge in [0.15, 0.2) is 47.7 Å². The fraction of sp³-hybridized carbons (Fsp3) is 0.500. The van der Waals surface area contributed by atoms with Gasteiger partial charge in [-0.3, -0.25) is 18.2 Å². The summed E-state index contributed by atoms with van der Waals surface area (Å²) in [5, 5.41) is 0. The lowest BCUT2D eigenvalue weighted by molar-refractivity contribution is -0.0630. The minimum atomic E-state index is -5.09. The van der Waals surface area contributed by atoms with Gasteiger partial charge in [-0.25, -0.2) is 43.2 Å². The molecule has 3 fully saturated rings. The van der Waals surface area contributed by atoms with Crippen LogP contribution in [0.5, 0.6) is 0 Å². The molecule has 3 saturated heterocycles. The molecule has 2 bridgehead atoms. The van der Waals surface area contributed by atoms with Gasteiger partial charge >= 0.3 is 7.82 Å². The molecule has 24 heteroatoms. The largest absolute Gasteiger partial charge is 0.472 e. The number of phosphoric acid groups is 1. The van der Waals surface area contributed by atoms with Gasteiger partial charge in [0.2, 0.25) is 0 Å². The molecule has 3 aliphatic rings. The molecule has 4 aromatic heterocycles. The fourth-order valence-corrected chi connectivity index (χ4v) is 6.78. The Kier molecular flexibility index (Phi) is 7.18. The van der Waals surface area contributed by atoms with Gasteiger partial charge in [0.1, 0.15) is 55.6 Å². The number of anilines is 2. The monoisotopic (exact) mass is 659 g/mol. The zero-order valence-electron chi connectivity index (χ0n) is 21.4. The average Bonchev–Trinajstić information content (AvgIpc) is 3.73. The highest BCUT2D eigenvalue weighted by Gasteiger charge is 2.54. The standard InChI is InChI=1S/C20H24BF2N10O9P2/c21-43(34)37-1-7-9(22)14(20(39-7)33-6-31-12-16(25)27-4-29-18(12)33)42-44(35,36)38-2-8-13(41-43)10(23)19(40-8)32-5-30-11-15(24)26-3-28-17(11)32/h3-10,13-14,19-20H,1-2H2,21H3,(H,35,36)(H2,24,26,28)(H2,25,27,29)/q-1/t7-,8-,9?,10-,13-,14-,19-,20-,43?/m1/s1. The Labute approximate surface area is 245 Å². The number of fused-ring (bicyclic) bond motifs is 5. The van der Waals surface area contributed by atoms with Crippen LogP contribution in [0.3, 0.4) is 0 Å². The Morgan fingerprint density at radius 2 is 1.36 bits per heavy atom. The lowest BCUT2D eigenvalue weighted by Gasteiger charge is -2.28. The predicted molar refractivity (Wildman–Crippen MR) is 146 cm³/mol. The maximum Gasteiger partial charge on any atom is 0.472 e. The molecule has 0 saturated carbocycles. The second kappa shape index (κ2) is 10.7. The van der Waals surface area contributed by atoms with E-state index in [1.807, 2.05) is 0 Å². The number of hydrogen-bond donors (Lipinski definition) is 3. The number of nitrogens with two attached hydrogens (primary N) is 2. The van der Waals surface area contributed by atoms with E-state index in [-0.39, 0.29) is 34.0 Å². The van der Waals surface area contributed by atoms with Gasteiger partial charge < -0.3 is 39.4 Å². The molecule has 5 N–H and O–H groups in total. The van der Waals surface area contributed by atoms with Crippen molar-refractivity contribution in [3.8, 4) is 0 Å². The summed E-state index contributed by atoms with van der Waals surface area (Å²) >= 11 is 0. The molecule has 7 heterocycles. The molecule has 7 rings (SSSR count). The summed E-state index contributed by atoms with van der Waals surface area (Å²) in [4.78, 5) is 34.8. The minimum Gasteiger partial charge on any atom is -0.382 e. The molecule has 3 unspecified atom stereocenters. The summed E-state index contributed by atoms with van der Waals surface area (Å²) in [6.45, 7) is -1.39. The van der Waals surface area contributed by atoms with Gasteiger partial charge in [-0.2, -0.15) is 0 Å². The molecular weight excluding hydrogens is 635 g/mol. The number of aromatic nitrogens is 8. The highest BCUT2D eigenvalue weighted by Crippen LogP contribution is 2.54. The maximum absolute atomic E-state index is 16.0. The summed E-state index contributed by atoms with van der Waals surface area (Å²) in [6, 6.07) is 0. The van der Waals surface area contributed by atoms with E-state index in [4.69, 9.17) is 39.0 Å². The SMILES string of the molecule is [BH3-]P1(=O)OC[C@H]2O[C@@H](n3cnc4c(N)ncnc43)[C@H](OP(=O)(O)OC[C@H]3O[C@@H](n4cnc5c(N)ncnc54)[C@H](F)[C@@H]3O1)C2F. The molecule has 0 spiro atoms. The molecule has 4 aromatic rings. The Morgan fingerprint density at radius 3 is 2.00 bits per heavy atom. The average molecular weight is 659 g/mol. The van der Waals surface area contributed by atoms with Crippen molar-refractivity contribution in [2.45, 2.75) is 49.2 Å². The van der Waals surface area contributed by atoms with Crippen LogP contribution in [0.1, 0.15) is 12.5 Å². The van der Waals surface area contributed by atoms with Gasteiger partial charge in [0, 0.05) is 0 Å². The number of ether oxygens (including phenoxy) is 2. The van der Waals surface area contributed by atoms with E-state index in [0.717, 1.165) is 12.7 Å². The van der Waals surface area contributed by atoms with E-state index >= 15 is 8.78 Å². The first-order valence-electron chi connectivity index (χ1n) is 12.5. The van der Waals surface area contributed by atoms with Crippen molar-refractivity contribution in [1.29, 1.82) is 0 Å². The van der Waals surface area contributed by atoms with E-state index in [0.29, 0.717) is 0 Å². The van der Waals surface area contributed by atoms with Gasteiger partial charge in [0.25, 0.3) is 0 Å². The van der Waals surface area contributed by atoms with E-state index in [9.17, 15) is 14.0 Å². The second-order valence-corrected chi connectivity index (χ2v) is 11.9. The van der Waals surface area contributed by atoms with Crippen LogP contribution < -0.4 is 11.5 Å². The van der Waals surface area contributed by atoms with Crippen molar-refractivity contribution in [1.82, 2.24) is 39.0 Å². The number of rotatable bonds is 2. The molecule has 44 heavy (non-hydrogen) atoms. The second-order valence-electron chi connectivity index (χ2n) is 9.61. The van der Waals surface area contributed by atoms with Crippen molar-refractivity contribution < 1.29 is 50.4 Å². The Bertz CT molecular complexity index is 1840. The molecule has 0 amide bonds. The molecule has 236 valence electrons. The summed E-state index contributed by atoms with van der Waals surface area (Å²) < 4.78 is 94.2. The first kappa shape index (κ1) is 29.5. The van der Waals surface area contributed by atoms with Crippen molar-refractivity contribution in [2.75, 3.05) is 24.7 Å². The van der Waals surface area contributed by atoms with Crippen LogP contribution in [-0.4, -0.2) is 101 Å². The van der Waals surface area contributed by atoms with Crippen LogP contribution in [-0.2, 0) is 36.7 Å². The van der Waals surface area contributed by atoms with Gasteiger partial charge in [-0.1, -0.05) is 0 Å². The van der Waals surface area contributed by atoms with Crippen LogP contribution in [0.15, 0.2) is 25.3 Å². The number of hydrogen-bond acceptors (Lipinski definition) is 16. The third-order valence-corrected chi connectivity index (χ3v) is 8.82. The van der Waals surface area contributed by atoms with E-state index in [1.165, 1.54) is 21.8 Å². The minimum absolute atomic E-state index is 0.0346. The molecule has 0 aromatic carbocycles. The van der Waals surface area contributed by atoms with Crippen LogP contribution in [0.25, 0.3) is 22.3 Å². The maximum atomic E-state index is 16.0. The number of imidazole rings is 2. The van der Waals surface area contributed by atoms with Crippen molar-refractivity contribution >= 4 is 56.8 Å².